The molecule has 0 saturated carbocycles. The van der Waals surface area contributed by atoms with Gasteiger partial charge >= 0.3 is 5.97 Å². The van der Waals surface area contributed by atoms with Crippen LogP contribution in [0.4, 0.5) is 0 Å². The van der Waals surface area contributed by atoms with Gasteiger partial charge in [0.15, 0.2) is 0 Å². The third kappa shape index (κ3) is 4.35. The number of aliphatic carboxylic acids is 1. The molecule has 6 nitrogen and oxygen atoms in total. The molecule has 0 bridgehead atoms. The van der Waals surface area contributed by atoms with E-state index in [1.807, 2.05) is 13.8 Å². The lowest BCUT2D eigenvalue weighted by Crippen LogP contribution is -2.46. The Morgan fingerprint density at radius 2 is 2.11 bits per heavy atom. The van der Waals surface area contributed by atoms with Crippen LogP contribution in [0.2, 0.25) is 0 Å². The maximum Gasteiger partial charge on any atom is 0.326 e. The van der Waals surface area contributed by atoms with Gasteiger partial charge in [0.25, 0.3) is 0 Å². The molecule has 0 aliphatic carbocycles. The van der Waals surface area contributed by atoms with Crippen LogP contribution in [0.25, 0.3) is 0 Å². The Balaban J connectivity index is 2.45. The molecule has 1 rings (SSSR count). The van der Waals surface area contributed by atoms with Crippen LogP contribution >= 0.6 is 0 Å². The molecule has 0 unspecified atom stereocenters. The van der Waals surface area contributed by atoms with Gasteiger partial charge in [-0.3, -0.25) is 9.59 Å². The summed E-state index contributed by atoms with van der Waals surface area (Å²) in [4.78, 5) is 35.4. The van der Waals surface area contributed by atoms with Gasteiger partial charge in [-0.15, -0.1) is 0 Å². The monoisotopic (exact) mass is 256 g/mol. The highest BCUT2D eigenvalue weighted by Gasteiger charge is 2.25. The minimum absolute atomic E-state index is 0.0408. The predicted molar refractivity (Wildman–Crippen MR) is 64.8 cm³/mol. The number of carboxylic acids is 1. The molecule has 2 amide bonds. The molecular formula is C12H20N2O4. The molecule has 6 heteroatoms. The number of hydrogen-bond acceptors (Lipinski definition) is 3. The molecule has 102 valence electrons. The fourth-order valence-electron chi connectivity index (χ4n) is 1.98. The number of likely N-dealkylation sites (tertiary alicyclic amines) is 1. The van der Waals surface area contributed by atoms with Gasteiger partial charge in [-0.05, 0) is 18.8 Å². The van der Waals surface area contributed by atoms with Crippen LogP contribution in [0.5, 0.6) is 0 Å². The first kappa shape index (κ1) is 14.5. The summed E-state index contributed by atoms with van der Waals surface area (Å²) in [5.41, 5.74) is 0. The van der Waals surface area contributed by atoms with E-state index in [1.54, 1.807) is 0 Å². The van der Waals surface area contributed by atoms with Crippen LogP contribution < -0.4 is 5.32 Å². The second-order valence-corrected chi connectivity index (χ2v) is 5.01. The van der Waals surface area contributed by atoms with Crippen molar-refractivity contribution in [1.29, 1.82) is 0 Å². The van der Waals surface area contributed by atoms with E-state index >= 15 is 0 Å². The van der Waals surface area contributed by atoms with E-state index < -0.39 is 17.9 Å². The van der Waals surface area contributed by atoms with Crippen LogP contribution in [-0.2, 0) is 14.4 Å². The summed E-state index contributed by atoms with van der Waals surface area (Å²) in [5.74, 6) is -1.30. The van der Waals surface area contributed by atoms with Crippen LogP contribution in [0.15, 0.2) is 0 Å². The Morgan fingerprint density at radius 3 is 2.56 bits per heavy atom. The van der Waals surface area contributed by atoms with E-state index in [-0.39, 0.29) is 18.4 Å². The fourth-order valence-corrected chi connectivity index (χ4v) is 1.98. The van der Waals surface area contributed by atoms with Crippen molar-refractivity contribution < 1.29 is 19.5 Å². The Hall–Kier alpha value is -1.59. The zero-order valence-electron chi connectivity index (χ0n) is 10.8. The molecule has 2 N–H and O–H groups in total. The summed E-state index contributed by atoms with van der Waals surface area (Å²) in [5, 5.41) is 11.5. The van der Waals surface area contributed by atoms with Crippen molar-refractivity contribution >= 4 is 17.8 Å². The van der Waals surface area contributed by atoms with Gasteiger partial charge in [-0.2, -0.15) is 0 Å². The van der Waals surface area contributed by atoms with Crippen LogP contribution in [0, 0.1) is 5.92 Å². The lowest BCUT2D eigenvalue weighted by molar-refractivity contribution is -0.142. The van der Waals surface area contributed by atoms with Crippen molar-refractivity contribution in [2.45, 2.75) is 39.2 Å². The van der Waals surface area contributed by atoms with E-state index in [9.17, 15) is 14.4 Å². The van der Waals surface area contributed by atoms with E-state index in [0.29, 0.717) is 19.4 Å². The van der Waals surface area contributed by atoms with Gasteiger partial charge in [-0.1, -0.05) is 13.8 Å². The van der Waals surface area contributed by atoms with Crippen molar-refractivity contribution in [2.24, 2.45) is 5.92 Å². The van der Waals surface area contributed by atoms with Gasteiger partial charge in [0.2, 0.25) is 11.8 Å². The summed E-state index contributed by atoms with van der Waals surface area (Å²) >= 11 is 0. The molecule has 1 fully saturated rings. The summed E-state index contributed by atoms with van der Waals surface area (Å²) in [6, 6.07) is -0.879. The second kappa shape index (κ2) is 6.37. The quantitative estimate of drug-likeness (QED) is 0.712. The molecule has 1 atom stereocenters. The smallest absolute Gasteiger partial charge is 0.326 e. The highest BCUT2D eigenvalue weighted by Crippen LogP contribution is 2.09. The summed E-state index contributed by atoms with van der Waals surface area (Å²) in [7, 11) is 0. The molecular weight excluding hydrogens is 236 g/mol. The van der Waals surface area contributed by atoms with Crippen molar-refractivity contribution in [3.8, 4) is 0 Å². The first-order valence-electron chi connectivity index (χ1n) is 6.20. The third-order valence-electron chi connectivity index (χ3n) is 2.85. The van der Waals surface area contributed by atoms with E-state index in [1.165, 1.54) is 4.90 Å². The van der Waals surface area contributed by atoms with Gasteiger partial charge < -0.3 is 15.3 Å². The minimum Gasteiger partial charge on any atom is -0.480 e. The maximum atomic E-state index is 11.7. The normalized spacial score (nSPS) is 17.1. The number of carbonyl (C=O) groups excluding carboxylic acids is 2. The van der Waals surface area contributed by atoms with Gasteiger partial charge in [0, 0.05) is 13.0 Å². The number of nitrogens with zero attached hydrogens (tertiary/aromatic N) is 1. The summed E-state index contributed by atoms with van der Waals surface area (Å²) in [6.07, 6.45) is 1.62. The summed E-state index contributed by atoms with van der Waals surface area (Å²) < 4.78 is 0. The first-order chi connectivity index (χ1) is 8.40. The van der Waals surface area contributed by atoms with E-state index in [0.717, 1.165) is 6.42 Å². The average Bonchev–Trinajstić information content (AvgIpc) is 2.62. The van der Waals surface area contributed by atoms with Gasteiger partial charge in [-0.25, -0.2) is 4.79 Å². The van der Waals surface area contributed by atoms with Crippen molar-refractivity contribution in [3.05, 3.63) is 0 Å². The number of carboxylic acid groups (broad SMARTS) is 1. The first-order valence-corrected chi connectivity index (χ1v) is 6.20. The molecule has 18 heavy (non-hydrogen) atoms. The number of hydrogen-bond donors (Lipinski definition) is 2. The number of amides is 2. The molecule has 1 aliphatic rings. The van der Waals surface area contributed by atoms with Crippen molar-refractivity contribution in [2.75, 3.05) is 13.1 Å². The molecule has 0 aromatic carbocycles. The molecule has 1 aliphatic heterocycles. The fraction of sp³-hybridized carbons (Fsp3) is 0.750. The predicted octanol–water partition coefficient (Wildman–Crippen LogP) is 0.224. The highest BCUT2D eigenvalue weighted by molar-refractivity contribution is 5.88. The van der Waals surface area contributed by atoms with Crippen LogP contribution in [0.1, 0.15) is 33.1 Å². The van der Waals surface area contributed by atoms with Crippen molar-refractivity contribution in [1.82, 2.24) is 10.2 Å². The molecule has 1 saturated heterocycles. The minimum atomic E-state index is -1.04. The average molecular weight is 256 g/mol. The van der Waals surface area contributed by atoms with E-state index in [4.69, 9.17) is 5.11 Å². The summed E-state index contributed by atoms with van der Waals surface area (Å²) in [6.45, 7) is 4.33. The molecule has 0 radical (unpaired) electrons. The Bertz CT molecular complexity index is 341. The number of rotatable bonds is 6. The second-order valence-electron chi connectivity index (χ2n) is 5.01. The highest BCUT2D eigenvalue weighted by atomic mass is 16.4. The third-order valence-corrected chi connectivity index (χ3v) is 2.85. The topological polar surface area (TPSA) is 86.7 Å². The van der Waals surface area contributed by atoms with Crippen molar-refractivity contribution in [3.63, 3.8) is 0 Å². The van der Waals surface area contributed by atoms with E-state index in [2.05, 4.69) is 5.32 Å². The number of carbonyl (C=O) groups is 3. The van der Waals surface area contributed by atoms with Crippen LogP contribution in [0.3, 0.4) is 0 Å². The maximum absolute atomic E-state index is 11.7. The molecule has 0 aromatic heterocycles. The Labute approximate surface area is 106 Å². The van der Waals surface area contributed by atoms with Gasteiger partial charge in [0.1, 0.15) is 6.04 Å². The Kier molecular flexibility index (Phi) is 5.12. The standard InChI is InChI=1S/C12H20N2O4/c1-8(2)6-9(12(17)18)13-10(15)7-14-5-3-4-11(14)16/h8-9H,3-7H2,1-2H3,(H,13,15)(H,17,18)/t9-/m0/s1. The largest absolute Gasteiger partial charge is 0.480 e. The lowest BCUT2D eigenvalue weighted by Gasteiger charge is -2.19. The molecule has 1 heterocycles. The lowest BCUT2D eigenvalue weighted by atomic mass is 10.0. The SMILES string of the molecule is CC(C)C[C@H](NC(=O)CN1CCCC1=O)C(=O)O. The zero-order chi connectivity index (χ0) is 13.7. The number of nitrogens with one attached hydrogen (secondary N) is 1. The van der Waals surface area contributed by atoms with Gasteiger partial charge in [0.05, 0.1) is 6.54 Å². The zero-order valence-corrected chi connectivity index (χ0v) is 10.8. The molecule has 0 aromatic rings. The van der Waals surface area contributed by atoms with Crippen LogP contribution in [-0.4, -0.2) is 46.9 Å². The Morgan fingerprint density at radius 1 is 1.44 bits per heavy atom. The molecule has 0 spiro atoms.